The van der Waals surface area contributed by atoms with Crippen molar-refractivity contribution in [3.8, 4) is 0 Å². The van der Waals surface area contributed by atoms with Gasteiger partial charge in [-0.3, -0.25) is 9.89 Å². The zero-order valence-corrected chi connectivity index (χ0v) is 13.2. The van der Waals surface area contributed by atoms with Gasteiger partial charge < -0.3 is 4.90 Å². The van der Waals surface area contributed by atoms with Crippen LogP contribution in [-0.4, -0.2) is 42.5 Å². The number of nitrogens with two attached hydrogens (primary N) is 1. The number of hydrogen-bond acceptors (Lipinski definition) is 4. The van der Waals surface area contributed by atoms with Crippen LogP contribution in [0.5, 0.6) is 0 Å². The lowest BCUT2D eigenvalue weighted by atomic mass is 10.00. The summed E-state index contributed by atoms with van der Waals surface area (Å²) in [6.45, 7) is 5.25. The Morgan fingerprint density at radius 3 is 2.81 bits per heavy atom. The number of likely N-dealkylation sites (tertiary alicyclic amines) is 1. The Balaban J connectivity index is 2.37. The van der Waals surface area contributed by atoms with E-state index in [1.807, 2.05) is 6.92 Å². The van der Waals surface area contributed by atoms with E-state index in [2.05, 4.69) is 17.1 Å². The normalized spacial score (nSPS) is 19.8. The van der Waals surface area contributed by atoms with Gasteiger partial charge in [-0.25, -0.2) is 13.6 Å². The molecule has 2 heterocycles. The number of amides is 1. The molecule has 0 bridgehead atoms. The third-order valence-corrected chi connectivity index (χ3v) is 4.73. The van der Waals surface area contributed by atoms with Gasteiger partial charge in [0.25, 0.3) is 5.91 Å². The molecule has 1 aliphatic heterocycles. The highest BCUT2D eigenvalue weighted by Crippen LogP contribution is 2.23. The molecule has 1 atom stereocenters. The Labute approximate surface area is 124 Å². The molecular weight excluding hydrogens is 292 g/mol. The molecular formula is C13H22N4O3S. The lowest BCUT2D eigenvalue weighted by molar-refractivity contribution is 0.0673. The maximum absolute atomic E-state index is 12.6. The topological polar surface area (TPSA) is 109 Å². The Bertz CT molecular complexity index is 623. The monoisotopic (exact) mass is 314 g/mol. The maximum atomic E-state index is 12.6. The number of nitrogens with zero attached hydrogens (tertiary/aromatic N) is 2. The molecule has 1 amide bonds. The van der Waals surface area contributed by atoms with Crippen molar-refractivity contribution < 1.29 is 13.2 Å². The van der Waals surface area contributed by atoms with Gasteiger partial charge in [0.05, 0.1) is 5.69 Å². The molecule has 1 saturated heterocycles. The molecule has 3 N–H and O–H groups in total. The van der Waals surface area contributed by atoms with Crippen molar-refractivity contribution in [1.82, 2.24) is 15.1 Å². The summed E-state index contributed by atoms with van der Waals surface area (Å²) in [5, 5.41) is 11.9. The van der Waals surface area contributed by atoms with Crippen molar-refractivity contribution in [1.29, 1.82) is 0 Å². The first kappa shape index (κ1) is 16.0. The van der Waals surface area contributed by atoms with Crippen LogP contribution in [0.4, 0.5) is 0 Å². The maximum Gasteiger partial charge on any atom is 0.275 e. The zero-order chi connectivity index (χ0) is 15.6. The highest BCUT2D eigenvalue weighted by molar-refractivity contribution is 7.89. The molecule has 0 saturated carbocycles. The number of hydrogen-bond donors (Lipinski definition) is 2. The molecule has 1 aromatic rings. The molecule has 0 spiro atoms. The van der Waals surface area contributed by atoms with Crippen molar-refractivity contribution >= 4 is 15.9 Å². The van der Waals surface area contributed by atoms with E-state index in [4.69, 9.17) is 5.14 Å². The van der Waals surface area contributed by atoms with E-state index in [-0.39, 0.29) is 16.5 Å². The summed E-state index contributed by atoms with van der Waals surface area (Å²) in [7, 11) is -3.98. The lowest BCUT2D eigenvalue weighted by Crippen LogP contribution is -2.40. The van der Waals surface area contributed by atoms with Gasteiger partial charge in [-0.1, -0.05) is 20.3 Å². The minimum Gasteiger partial charge on any atom is -0.337 e. The molecule has 1 aromatic heterocycles. The van der Waals surface area contributed by atoms with Crippen LogP contribution in [0.15, 0.2) is 4.90 Å². The number of H-pyrrole nitrogens is 1. The first-order chi connectivity index (χ1) is 9.84. The van der Waals surface area contributed by atoms with E-state index in [1.165, 1.54) is 0 Å². The number of sulfonamides is 1. The van der Waals surface area contributed by atoms with Crippen LogP contribution in [0.25, 0.3) is 0 Å². The van der Waals surface area contributed by atoms with Crippen LogP contribution in [0, 0.1) is 5.92 Å². The Hall–Kier alpha value is -1.41. The molecule has 118 valence electrons. The van der Waals surface area contributed by atoms with E-state index in [0.717, 1.165) is 19.3 Å². The van der Waals surface area contributed by atoms with E-state index in [9.17, 15) is 13.2 Å². The average molecular weight is 314 g/mol. The van der Waals surface area contributed by atoms with Gasteiger partial charge >= 0.3 is 0 Å². The Morgan fingerprint density at radius 1 is 1.52 bits per heavy atom. The fourth-order valence-electron chi connectivity index (χ4n) is 2.76. The standard InChI is InChI=1S/C13H22N4O3S/c1-3-5-10-12(21(14,19)20)11(16-15-10)13(18)17-7-4-6-9(2)8-17/h9H,3-8H2,1-2H3,(H,15,16)(H2,14,19,20). The highest BCUT2D eigenvalue weighted by Gasteiger charge is 2.31. The van der Waals surface area contributed by atoms with E-state index < -0.39 is 10.0 Å². The first-order valence-electron chi connectivity index (χ1n) is 7.24. The van der Waals surface area contributed by atoms with Crippen molar-refractivity contribution in [3.05, 3.63) is 11.4 Å². The van der Waals surface area contributed by atoms with Gasteiger partial charge in [0, 0.05) is 13.1 Å². The van der Waals surface area contributed by atoms with Crippen LogP contribution in [0.3, 0.4) is 0 Å². The van der Waals surface area contributed by atoms with Crippen LogP contribution in [0.2, 0.25) is 0 Å². The zero-order valence-electron chi connectivity index (χ0n) is 12.4. The summed E-state index contributed by atoms with van der Waals surface area (Å²) in [6.07, 6.45) is 3.22. The predicted molar refractivity (Wildman–Crippen MR) is 78.3 cm³/mol. The van der Waals surface area contributed by atoms with Crippen LogP contribution < -0.4 is 5.14 Å². The molecule has 0 aliphatic carbocycles. The number of aryl methyl sites for hydroxylation is 1. The molecule has 8 heteroatoms. The number of carbonyl (C=O) groups excluding carboxylic acids is 1. The Kier molecular flexibility index (Phi) is 4.67. The van der Waals surface area contributed by atoms with Crippen LogP contribution in [0.1, 0.15) is 49.3 Å². The van der Waals surface area contributed by atoms with Gasteiger partial charge in [0.2, 0.25) is 10.0 Å². The lowest BCUT2D eigenvalue weighted by Gasteiger charge is -2.30. The molecule has 7 nitrogen and oxygen atoms in total. The number of primary sulfonamides is 1. The summed E-state index contributed by atoms with van der Waals surface area (Å²) in [5.74, 6) is 0.0545. The second kappa shape index (κ2) is 6.15. The number of piperidine rings is 1. The average Bonchev–Trinajstić information content (AvgIpc) is 2.82. The summed E-state index contributed by atoms with van der Waals surface area (Å²) >= 11 is 0. The number of rotatable bonds is 4. The summed E-state index contributed by atoms with van der Waals surface area (Å²) in [6, 6.07) is 0. The Morgan fingerprint density at radius 2 is 2.24 bits per heavy atom. The van der Waals surface area contributed by atoms with Gasteiger partial charge in [0.15, 0.2) is 5.69 Å². The van der Waals surface area contributed by atoms with E-state index in [0.29, 0.717) is 31.1 Å². The molecule has 1 unspecified atom stereocenters. The third-order valence-electron chi connectivity index (χ3n) is 3.72. The predicted octanol–water partition coefficient (Wildman–Crippen LogP) is 0.882. The van der Waals surface area contributed by atoms with Crippen molar-refractivity contribution in [2.24, 2.45) is 11.1 Å². The molecule has 0 aromatic carbocycles. The van der Waals surface area contributed by atoms with Gasteiger partial charge in [-0.05, 0) is 25.2 Å². The van der Waals surface area contributed by atoms with Crippen molar-refractivity contribution in [3.63, 3.8) is 0 Å². The number of aromatic nitrogens is 2. The minimum absolute atomic E-state index is 0.0740. The highest BCUT2D eigenvalue weighted by atomic mass is 32.2. The minimum atomic E-state index is -3.98. The van der Waals surface area contributed by atoms with Crippen molar-refractivity contribution in [2.45, 2.75) is 44.4 Å². The molecule has 21 heavy (non-hydrogen) atoms. The van der Waals surface area contributed by atoms with Gasteiger partial charge in [0.1, 0.15) is 4.90 Å². The molecule has 2 rings (SSSR count). The largest absolute Gasteiger partial charge is 0.337 e. The first-order valence-corrected chi connectivity index (χ1v) is 8.78. The number of carbonyl (C=O) groups is 1. The summed E-state index contributed by atoms with van der Waals surface area (Å²) in [4.78, 5) is 14.1. The fraction of sp³-hybridized carbons (Fsp3) is 0.692. The van der Waals surface area contributed by atoms with Crippen LogP contribution >= 0.6 is 0 Å². The smallest absolute Gasteiger partial charge is 0.275 e. The quantitative estimate of drug-likeness (QED) is 0.859. The number of aromatic amines is 1. The van der Waals surface area contributed by atoms with Crippen molar-refractivity contribution in [2.75, 3.05) is 13.1 Å². The SMILES string of the molecule is CCCc1[nH]nc(C(=O)N2CCCC(C)C2)c1S(N)(=O)=O. The molecule has 0 radical (unpaired) electrons. The summed E-state index contributed by atoms with van der Waals surface area (Å²) in [5.41, 5.74) is 0.337. The van der Waals surface area contributed by atoms with Gasteiger partial charge in [-0.15, -0.1) is 0 Å². The summed E-state index contributed by atoms with van der Waals surface area (Å²) < 4.78 is 23.6. The molecule has 1 fully saturated rings. The van der Waals surface area contributed by atoms with E-state index in [1.54, 1.807) is 4.90 Å². The van der Waals surface area contributed by atoms with E-state index >= 15 is 0 Å². The second-order valence-corrected chi connectivity index (χ2v) is 7.17. The van der Waals surface area contributed by atoms with Crippen LogP contribution in [-0.2, 0) is 16.4 Å². The third kappa shape index (κ3) is 3.44. The molecule has 1 aliphatic rings. The number of nitrogens with one attached hydrogen (secondary N) is 1. The second-order valence-electron chi connectivity index (χ2n) is 5.67. The van der Waals surface area contributed by atoms with Gasteiger partial charge in [-0.2, -0.15) is 5.10 Å². The fourth-order valence-corrected chi connectivity index (χ4v) is 3.66.